The Morgan fingerprint density at radius 1 is 0.429 bits per heavy atom. The number of hydrogen-bond donors (Lipinski definition) is 0. The Balaban J connectivity index is 3.14. The Morgan fingerprint density at radius 2 is 0.657 bits per heavy atom. The lowest BCUT2D eigenvalue weighted by Crippen LogP contribution is -2.41. The predicted octanol–water partition coefficient (Wildman–Crippen LogP) is 3.38. The summed E-state index contributed by atoms with van der Waals surface area (Å²) in [6, 6.07) is 0. The van der Waals surface area contributed by atoms with Crippen LogP contribution in [-0.4, -0.2) is 127 Å². The van der Waals surface area contributed by atoms with Crippen molar-refractivity contribution in [2.24, 2.45) is 0 Å². The normalized spacial score (nSPS) is 12.5. The van der Waals surface area contributed by atoms with E-state index in [2.05, 4.69) is 33.9 Å². The summed E-state index contributed by atoms with van der Waals surface area (Å²) >= 11 is 5.50. The molecule has 0 bridgehead atoms. The molecule has 0 saturated heterocycles. The Kier molecular flexibility index (Phi) is 24.6. The van der Waals surface area contributed by atoms with Crippen LogP contribution in [0.25, 0.3) is 0 Å². The number of alkyl halides is 1. The summed E-state index contributed by atoms with van der Waals surface area (Å²) in [5, 5.41) is 0.224. The van der Waals surface area contributed by atoms with Crippen LogP contribution in [0, 0.1) is 0 Å². The van der Waals surface area contributed by atoms with Crippen LogP contribution in [0.3, 0.4) is 0 Å². The molecule has 0 saturated carbocycles. The Bertz CT molecular complexity index is 440. The molecule has 0 aromatic rings. The second kappa shape index (κ2) is 24.5. The number of halogens is 1. The first-order valence-electron chi connectivity index (χ1n) is 12.6. The van der Waals surface area contributed by atoms with Crippen molar-refractivity contribution in [3.63, 3.8) is 0 Å². The molecule has 0 aliphatic carbocycles. The molecule has 0 spiro atoms. The zero-order valence-corrected chi connectivity index (χ0v) is 24.5. The first-order valence-corrected chi connectivity index (χ1v) is 16.1. The van der Waals surface area contributed by atoms with Crippen molar-refractivity contribution in [3.05, 3.63) is 0 Å². The molecule has 212 valence electrons. The molecule has 0 aromatic carbocycles. The Morgan fingerprint density at radius 3 is 0.886 bits per heavy atom. The summed E-state index contributed by atoms with van der Waals surface area (Å²) in [6.07, 6.45) is 0. The highest BCUT2D eigenvalue weighted by molar-refractivity contribution is 6.74. The fourth-order valence-corrected chi connectivity index (χ4v) is 3.40. The lowest BCUT2D eigenvalue weighted by molar-refractivity contribution is -0.0234. The molecule has 0 aliphatic rings. The van der Waals surface area contributed by atoms with Crippen LogP contribution in [0.1, 0.15) is 20.8 Å². The molecular weight excluding hydrogens is 496 g/mol. The monoisotopic (exact) mass is 546 g/mol. The van der Waals surface area contributed by atoms with Gasteiger partial charge in [0.1, 0.15) is 0 Å². The zero-order chi connectivity index (χ0) is 26.1. The van der Waals surface area contributed by atoms with Crippen LogP contribution in [0.4, 0.5) is 0 Å². The fraction of sp³-hybridized carbons (Fsp3) is 1.00. The van der Waals surface area contributed by atoms with Crippen LogP contribution >= 0.6 is 11.6 Å². The van der Waals surface area contributed by atoms with Crippen LogP contribution in [0.5, 0.6) is 0 Å². The average molecular weight is 547 g/mol. The molecule has 9 nitrogen and oxygen atoms in total. The lowest BCUT2D eigenvalue weighted by atomic mass is 10.2. The van der Waals surface area contributed by atoms with Gasteiger partial charge < -0.3 is 42.3 Å². The Hall–Kier alpha value is 0.147. The standard InChI is InChI=1S/C24H51ClO9Si/c1-24(2,3)35(4,5)34-23-22-33-21-20-32-19-18-31-17-16-30-15-14-29-13-12-28-11-10-27-9-8-26-7-6-25/h6-23H2,1-5H3. The van der Waals surface area contributed by atoms with E-state index in [0.717, 1.165) is 0 Å². The van der Waals surface area contributed by atoms with E-state index in [1.807, 2.05) is 0 Å². The largest absolute Gasteiger partial charge is 0.414 e. The molecular formula is C24H51ClO9Si. The first kappa shape index (κ1) is 35.1. The maximum Gasteiger partial charge on any atom is 0.192 e. The van der Waals surface area contributed by atoms with Crippen molar-refractivity contribution in [1.82, 2.24) is 0 Å². The van der Waals surface area contributed by atoms with Crippen molar-refractivity contribution < 1.29 is 42.3 Å². The minimum atomic E-state index is -1.68. The maximum atomic E-state index is 6.06. The third-order valence-electron chi connectivity index (χ3n) is 5.32. The van der Waals surface area contributed by atoms with Crippen LogP contribution in [-0.2, 0) is 42.3 Å². The van der Waals surface area contributed by atoms with E-state index in [9.17, 15) is 0 Å². The van der Waals surface area contributed by atoms with Gasteiger partial charge in [0, 0.05) is 5.88 Å². The van der Waals surface area contributed by atoms with E-state index in [0.29, 0.717) is 118 Å². The molecule has 0 atom stereocenters. The van der Waals surface area contributed by atoms with Gasteiger partial charge in [0.2, 0.25) is 0 Å². The smallest absolute Gasteiger partial charge is 0.192 e. The third kappa shape index (κ3) is 24.2. The molecule has 0 aromatic heterocycles. The third-order valence-corrected chi connectivity index (χ3v) is 10.0. The van der Waals surface area contributed by atoms with Crippen molar-refractivity contribution in [1.29, 1.82) is 0 Å². The molecule has 0 fully saturated rings. The molecule has 35 heavy (non-hydrogen) atoms. The minimum Gasteiger partial charge on any atom is -0.414 e. The van der Waals surface area contributed by atoms with Gasteiger partial charge in [0.25, 0.3) is 0 Å². The van der Waals surface area contributed by atoms with E-state index in [-0.39, 0.29) is 5.04 Å². The number of rotatable bonds is 27. The highest BCUT2D eigenvalue weighted by Gasteiger charge is 2.36. The van der Waals surface area contributed by atoms with Crippen LogP contribution < -0.4 is 0 Å². The molecule has 11 heteroatoms. The van der Waals surface area contributed by atoms with Gasteiger partial charge in [-0.2, -0.15) is 0 Å². The van der Waals surface area contributed by atoms with Gasteiger partial charge in [-0.05, 0) is 18.1 Å². The van der Waals surface area contributed by atoms with Crippen LogP contribution in [0.2, 0.25) is 18.1 Å². The molecule has 0 aliphatic heterocycles. The summed E-state index contributed by atoms with van der Waals surface area (Å²) in [5.41, 5.74) is 0. The number of hydrogen-bond acceptors (Lipinski definition) is 9. The molecule has 0 amide bonds. The predicted molar refractivity (Wildman–Crippen MR) is 140 cm³/mol. The van der Waals surface area contributed by atoms with E-state index in [1.165, 1.54) is 0 Å². The zero-order valence-electron chi connectivity index (χ0n) is 22.8. The number of ether oxygens (including phenoxy) is 8. The average Bonchev–Trinajstić information content (AvgIpc) is 2.80. The molecule has 0 unspecified atom stereocenters. The summed E-state index contributed by atoms with van der Waals surface area (Å²) in [5.74, 6) is 0.504. The van der Waals surface area contributed by atoms with Gasteiger partial charge in [-0.1, -0.05) is 20.8 Å². The summed E-state index contributed by atoms with van der Waals surface area (Å²) in [4.78, 5) is 0. The van der Waals surface area contributed by atoms with Gasteiger partial charge >= 0.3 is 0 Å². The van der Waals surface area contributed by atoms with E-state index in [4.69, 9.17) is 53.9 Å². The lowest BCUT2D eigenvalue weighted by Gasteiger charge is -2.36. The second-order valence-electron chi connectivity index (χ2n) is 9.20. The van der Waals surface area contributed by atoms with Crippen molar-refractivity contribution in [3.8, 4) is 0 Å². The SMILES string of the molecule is CC(C)(C)[Si](C)(C)OCCOCCOCCOCCOCCOCCOCCOCCOCCCl. The van der Waals surface area contributed by atoms with Gasteiger partial charge in [0.15, 0.2) is 8.32 Å². The molecule has 0 heterocycles. The Labute approximate surface area is 219 Å². The van der Waals surface area contributed by atoms with Gasteiger partial charge in [-0.3, -0.25) is 0 Å². The second-order valence-corrected chi connectivity index (χ2v) is 14.4. The summed E-state index contributed by atoms with van der Waals surface area (Å²) in [7, 11) is -1.68. The first-order chi connectivity index (χ1) is 16.8. The van der Waals surface area contributed by atoms with Gasteiger partial charge in [-0.25, -0.2) is 0 Å². The summed E-state index contributed by atoms with van der Waals surface area (Å²) < 4.78 is 49.5. The highest BCUT2D eigenvalue weighted by Crippen LogP contribution is 2.36. The van der Waals surface area contributed by atoms with Gasteiger partial charge in [-0.15, -0.1) is 11.6 Å². The molecule has 0 N–H and O–H groups in total. The van der Waals surface area contributed by atoms with Crippen LogP contribution in [0.15, 0.2) is 0 Å². The maximum absolute atomic E-state index is 6.06. The molecule has 0 rings (SSSR count). The van der Waals surface area contributed by atoms with Crippen molar-refractivity contribution in [2.75, 3.05) is 118 Å². The van der Waals surface area contributed by atoms with E-state index >= 15 is 0 Å². The molecule has 0 radical (unpaired) electrons. The summed E-state index contributed by atoms with van der Waals surface area (Å²) in [6.45, 7) is 20.6. The van der Waals surface area contributed by atoms with Crippen molar-refractivity contribution in [2.45, 2.75) is 38.9 Å². The topological polar surface area (TPSA) is 83.1 Å². The van der Waals surface area contributed by atoms with Crippen molar-refractivity contribution >= 4 is 19.9 Å². The van der Waals surface area contributed by atoms with E-state index in [1.54, 1.807) is 0 Å². The fourth-order valence-electron chi connectivity index (χ4n) is 2.27. The quantitative estimate of drug-likeness (QED) is 0.0874. The highest BCUT2D eigenvalue weighted by atomic mass is 35.5. The van der Waals surface area contributed by atoms with Gasteiger partial charge in [0.05, 0.1) is 112 Å². The minimum absolute atomic E-state index is 0.224. The van der Waals surface area contributed by atoms with E-state index < -0.39 is 8.32 Å².